The van der Waals surface area contributed by atoms with Crippen LogP contribution in [0.5, 0.6) is 0 Å². The number of aromatic nitrogens is 2. The number of aromatic carboxylic acids is 1. The number of hydrogen-bond acceptors (Lipinski definition) is 6. The van der Waals surface area contributed by atoms with Gasteiger partial charge >= 0.3 is 12.1 Å². The Kier molecular flexibility index (Phi) is 6.27. The van der Waals surface area contributed by atoms with E-state index < -0.39 is 12.1 Å². The number of aromatic amines is 1. The summed E-state index contributed by atoms with van der Waals surface area (Å²) in [7, 11) is 1.28. The summed E-state index contributed by atoms with van der Waals surface area (Å²) in [6, 6.07) is 18.8. The highest BCUT2D eigenvalue weighted by Gasteiger charge is 2.10. The van der Waals surface area contributed by atoms with E-state index in [4.69, 9.17) is 5.11 Å². The summed E-state index contributed by atoms with van der Waals surface area (Å²) in [5, 5.41) is 14.2. The zero-order valence-corrected chi connectivity index (χ0v) is 18.1. The lowest BCUT2D eigenvalue weighted by Crippen LogP contribution is -2.12. The Bertz CT molecular complexity index is 1330. The van der Waals surface area contributed by atoms with E-state index in [1.54, 1.807) is 12.1 Å². The van der Waals surface area contributed by atoms with E-state index in [0.29, 0.717) is 22.7 Å². The minimum atomic E-state index is -1.04. The van der Waals surface area contributed by atoms with Crippen molar-refractivity contribution >= 4 is 52.4 Å². The summed E-state index contributed by atoms with van der Waals surface area (Å²) in [6.45, 7) is 0. The van der Waals surface area contributed by atoms with Gasteiger partial charge in [0.2, 0.25) is 5.95 Å². The summed E-state index contributed by atoms with van der Waals surface area (Å²) < 4.78 is 4.56. The molecule has 4 rings (SSSR count). The molecule has 4 N–H and O–H groups in total. The first kappa shape index (κ1) is 21.9. The van der Waals surface area contributed by atoms with E-state index >= 15 is 0 Å². The molecule has 10 heteroatoms. The van der Waals surface area contributed by atoms with Crippen molar-refractivity contribution in [1.29, 1.82) is 0 Å². The second kappa shape index (κ2) is 9.45. The average Bonchev–Trinajstić information content (AvgIpc) is 3.21. The molecule has 0 unspecified atom stereocenters. The van der Waals surface area contributed by atoms with Gasteiger partial charge in [0.05, 0.1) is 23.7 Å². The fraction of sp³-hybridized carbons (Fsp3) is 0.0435. The fourth-order valence-electron chi connectivity index (χ4n) is 2.97. The number of anilines is 2. The molecule has 0 radical (unpaired) electrons. The summed E-state index contributed by atoms with van der Waals surface area (Å²) in [5.74, 6) is -1.06. The lowest BCUT2D eigenvalue weighted by Gasteiger charge is -2.07. The van der Waals surface area contributed by atoms with E-state index in [2.05, 4.69) is 25.3 Å². The number of H-pyrrole nitrogens is 1. The van der Waals surface area contributed by atoms with Crippen LogP contribution in [0.3, 0.4) is 0 Å². The number of ether oxygens (including phenoxy) is 1. The van der Waals surface area contributed by atoms with Crippen LogP contribution in [0.4, 0.5) is 16.4 Å². The Hall–Kier alpha value is -4.31. The standard InChI is InChI=1S/C23H18N4O5S/c1-32-23(31)27-22-25-18-11-10-17(12-19(18)26-22)33-16-8-6-15(7-9-16)24-20(28)13-2-4-14(5-3-13)21(29)30/h2-12H,1H3,(H,24,28)(H,29,30)(H2,25,26,27,31). The Morgan fingerprint density at radius 3 is 2.24 bits per heavy atom. The maximum atomic E-state index is 12.4. The van der Waals surface area contributed by atoms with Crippen LogP contribution >= 0.6 is 11.8 Å². The van der Waals surface area contributed by atoms with Crippen LogP contribution < -0.4 is 10.6 Å². The fourth-order valence-corrected chi connectivity index (χ4v) is 3.83. The number of carboxylic acid groups (broad SMARTS) is 1. The van der Waals surface area contributed by atoms with Gasteiger partial charge in [-0.3, -0.25) is 10.1 Å². The van der Waals surface area contributed by atoms with Crippen LogP contribution in [-0.2, 0) is 4.74 Å². The van der Waals surface area contributed by atoms with Gasteiger partial charge in [-0.05, 0) is 66.7 Å². The van der Waals surface area contributed by atoms with Crippen LogP contribution in [-0.4, -0.2) is 40.2 Å². The predicted octanol–water partition coefficient (Wildman–Crippen LogP) is 4.84. The number of benzene rings is 3. The molecule has 0 aliphatic rings. The number of carboxylic acids is 1. The molecule has 2 amide bonds. The van der Waals surface area contributed by atoms with Crippen LogP contribution in [0.25, 0.3) is 11.0 Å². The molecule has 166 valence electrons. The van der Waals surface area contributed by atoms with Gasteiger partial charge in [-0.1, -0.05) is 11.8 Å². The number of nitrogens with zero attached hydrogens (tertiary/aromatic N) is 1. The molecule has 0 aliphatic carbocycles. The molecule has 0 atom stereocenters. The number of nitrogens with one attached hydrogen (secondary N) is 3. The number of hydrogen-bond donors (Lipinski definition) is 4. The number of carbonyl (C=O) groups is 3. The molecule has 33 heavy (non-hydrogen) atoms. The van der Waals surface area contributed by atoms with Crippen LogP contribution in [0, 0.1) is 0 Å². The maximum Gasteiger partial charge on any atom is 0.413 e. The second-order valence-electron chi connectivity index (χ2n) is 6.84. The topological polar surface area (TPSA) is 133 Å². The van der Waals surface area contributed by atoms with Gasteiger partial charge < -0.3 is 20.1 Å². The van der Waals surface area contributed by atoms with E-state index in [0.717, 1.165) is 15.3 Å². The predicted molar refractivity (Wildman–Crippen MR) is 124 cm³/mol. The van der Waals surface area contributed by atoms with Gasteiger partial charge in [-0.15, -0.1) is 0 Å². The first-order valence-electron chi connectivity index (χ1n) is 9.68. The van der Waals surface area contributed by atoms with Crippen LogP contribution in [0.1, 0.15) is 20.7 Å². The molecule has 9 nitrogen and oxygen atoms in total. The third-order valence-electron chi connectivity index (χ3n) is 4.60. The number of imidazole rings is 1. The first-order valence-corrected chi connectivity index (χ1v) is 10.5. The summed E-state index contributed by atoms with van der Waals surface area (Å²) in [4.78, 5) is 43.9. The molecule has 0 aliphatic heterocycles. The SMILES string of the molecule is COC(=O)Nc1nc2ccc(Sc3ccc(NC(=O)c4ccc(C(=O)O)cc4)cc3)cc2[nH]1. The number of rotatable bonds is 6. The summed E-state index contributed by atoms with van der Waals surface area (Å²) in [5.41, 5.74) is 2.59. The average molecular weight is 462 g/mol. The van der Waals surface area contributed by atoms with Crippen molar-refractivity contribution in [2.24, 2.45) is 0 Å². The molecule has 0 spiro atoms. The van der Waals surface area contributed by atoms with Crippen molar-refractivity contribution in [1.82, 2.24) is 9.97 Å². The Morgan fingerprint density at radius 1 is 0.909 bits per heavy atom. The monoisotopic (exact) mass is 462 g/mol. The van der Waals surface area contributed by atoms with E-state index in [1.807, 2.05) is 30.3 Å². The van der Waals surface area contributed by atoms with Gasteiger partial charge in [0.15, 0.2) is 0 Å². The molecule has 1 aromatic heterocycles. The molecule has 0 bridgehead atoms. The van der Waals surface area contributed by atoms with Crippen molar-refractivity contribution in [3.63, 3.8) is 0 Å². The number of methoxy groups -OCH3 is 1. The van der Waals surface area contributed by atoms with Crippen molar-refractivity contribution in [3.8, 4) is 0 Å². The molecule has 0 saturated heterocycles. The van der Waals surface area contributed by atoms with Crippen molar-refractivity contribution in [2.75, 3.05) is 17.7 Å². The van der Waals surface area contributed by atoms with Crippen molar-refractivity contribution < 1.29 is 24.2 Å². The summed E-state index contributed by atoms with van der Waals surface area (Å²) >= 11 is 1.53. The third kappa shape index (κ3) is 5.31. The lowest BCUT2D eigenvalue weighted by molar-refractivity contribution is 0.0696. The minimum Gasteiger partial charge on any atom is -0.478 e. The third-order valence-corrected chi connectivity index (χ3v) is 5.60. The van der Waals surface area contributed by atoms with Gasteiger partial charge in [0.1, 0.15) is 0 Å². The number of carbonyl (C=O) groups excluding carboxylic acids is 2. The Balaban J connectivity index is 1.40. The summed E-state index contributed by atoms with van der Waals surface area (Å²) in [6.07, 6.45) is -0.604. The largest absolute Gasteiger partial charge is 0.478 e. The van der Waals surface area contributed by atoms with E-state index in [9.17, 15) is 14.4 Å². The van der Waals surface area contributed by atoms with Gasteiger partial charge in [0, 0.05) is 21.0 Å². The van der Waals surface area contributed by atoms with E-state index in [1.165, 1.54) is 43.1 Å². The highest BCUT2D eigenvalue weighted by molar-refractivity contribution is 7.99. The molecular formula is C23H18N4O5S. The molecule has 4 aromatic rings. The molecule has 0 fully saturated rings. The van der Waals surface area contributed by atoms with Gasteiger partial charge in [-0.2, -0.15) is 0 Å². The molecule has 3 aromatic carbocycles. The molecule has 1 heterocycles. The maximum absolute atomic E-state index is 12.4. The van der Waals surface area contributed by atoms with E-state index in [-0.39, 0.29) is 11.5 Å². The smallest absolute Gasteiger partial charge is 0.413 e. The van der Waals surface area contributed by atoms with Gasteiger partial charge in [0.25, 0.3) is 5.91 Å². The highest BCUT2D eigenvalue weighted by Crippen LogP contribution is 2.31. The zero-order chi connectivity index (χ0) is 23.4. The van der Waals surface area contributed by atoms with Gasteiger partial charge in [-0.25, -0.2) is 14.6 Å². The van der Waals surface area contributed by atoms with Crippen LogP contribution in [0.15, 0.2) is 76.5 Å². The second-order valence-corrected chi connectivity index (χ2v) is 7.99. The minimum absolute atomic E-state index is 0.122. The lowest BCUT2D eigenvalue weighted by atomic mass is 10.1. The normalized spacial score (nSPS) is 10.6. The highest BCUT2D eigenvalue weighted by atomic mass is 32.2. The quantitative estimate of drug-likeness (QED) is 0.322. The van der Waals surface area contributed by atoms with Crippen molar-refractivity contribution in [2.45, 2.75) is 9.79 Å². The zero-order valence-electron chi connectivity index (χ0n) is 17.3. The van der Waals surface area contributed by atoms with Crippen molar-refractivity contribution in [3.05, 3.63) is 77.9 Å². The van der Waals surface area contributed by atoms with Crippen LogP contribution in [0.2, 0.25) is 0 Å². The molecular weight excluding hydrogens is 444 g/mol. The first-order chi connectivity index (χ1) is 15.9. The molecule has 0 saturated carbocycles. The Morgan fingerprint density at radius 2 is 1.58 bits per heavy atom. The Labute approximate surface area is 192 Å². The number of amides is 2. The number of fused-ring (bicyclic) bond motifs is 1.